The molecule has 170 valence electrons. The average Bonchev–Trinajstić information content (AvgIpc) is 3.45. The fraction of sp³-hybridized carbons (Fsp3) is 0.111. The van der Waals surface area contributed by atoms with Crippen LogP contribution in [0.1, 0.15) is 21.6 Å². The number of nitrogen functional groups attached to an aromatic ring is 1. The van der Waals surface area contributed by atoms with Gasteiger partial charge in [-0.05, 0) is 37.3 Å². The van der Waals surface area contributed by atoms with Crippen molar-refractivity contribution in [3.8, 4) is 33.3 Å². The van der Waals surface area contributed by atoms with E-state index < -0.39 is 0 Å². The summed E-state index contributed by atoms with van der Waals surface area (Å²) in [5.74, 6) is 0.830. The van der Waals surface area contributed by atoms with Crippen LogP contribution in [0.25, 0.3) is 27.3 Å². The number of nitrogens with two attached hydrogens (primary N) is 1. The van der Waals surface area contributed by atoms with Crippen LogP contribution in [0.15, 0.2) is 72.2 Å². The van der Waals surface area contributed by atoms with Crippen LogP contribution in [0.3, 0.4) is 0 Å². The first kappa shape index (κ1) is 21.7. The number of ketones is 1. The van der Waals surface area contributed by atoms with Crippen molar-refractivity contribution in [1.82, 2.24) is 9.38 Å². The Morgan fingerprint density at radius 2 is 1.76 bits per heavy atom. The molecule has 0 aliphatic heterocycles. The Kier molecular flexibility index (Phi) is 5.55. The molecule has 0 atom stereocenters. The second-order valence-corrected chi connectivity index (χ2v) is 8.75. The number of thiazole rings is 1. The van der Waals surface area contributed by atoms with Gasteiger partial charge in [-0.25, -0.2) is 4.98 Å². The standard InChI is InChI=1S/C27H23N3O3S/c1-16-7-9-17(10-8-16)19-15-34-27(29-19)23-20-6-4-5-13-30(20)25(24(23)28)26(31)18-11-12-21(32-2)22(14-18)33-3/h4-15H,28H2,1-3H3. The first-order valence-corrected chi connectivity index (χ1v) is 11.6. The number of hydrogen-bond donors (Lipinski definition) is 1. The van der Waals surface area contributed by atoms with E-state index in [4.69, 9.17) is 20.2 Å². The van der Waals surface area contributed by atoms with Crippen molar-refractivity contribution in [2.75, 3.05) is 20.0 Å². The van der Waals surface area contributed by atoms with E-state index >= 15 is 0 Å². The van der Waals surface area contributed by atoms with Crippen molar-refractivity contribution in [2.24, 2.45) is 0 Å². The van der Waals surface area contributed by atoms with Gasteiger partial charge in [-0.3, -0.25) is 4.79 Å². The van der Waals surface area contributed by atoms with Crippen LogP contribution in [0.2, 0.25) is 0 Å². The van der Waals surface area contributed by atoms with Crippen molar-refractivity contribution < 1.29 is 14.3 Å². The van der Waals surface area contributed by atoms with Gasteiger partial charge in [0.1, 0.15) is 10.7 Å². The minimum Gasteiger partial charge on any atom is -0.493 e. The molecule has 0 fully saturated rings. The van der Waals surface area contributed by atoms with Crippen LogP contribution in [0.5, 0.6) is 11.5 Å². The van der Waals surface area contributed by atoms with Crippen molar-refractivity contribution in [3.05, 3.63) is 89.1 Å². The zero-order valence-corrected chi connectivity index (χ0v) is 19.8. The van der Waals surface area contributed by atoms with Crippen molar-refractivity contribution >= 4 is 28.3 Å². The first-order chi connectivity index (χ1) is 16.5. The summed E-state index contributed by atoms with van der Waals surface area (Å²) < 4.78 is 12.5. The highest BCUT2D eigenvalue weighted by atomic mass is 32.1. The third-order valence-corrected chi connectivity index (χ3v) is 6.67. The molecular weight excluding hydrogens is 446 g/mol. The van der Waals surface area contributed by atoms with Gasteiger partial charge in [0.15, 0.2) is 11.5 Å². The molecule has 0 saturated heterocycles. The number of fused-ring (bicyclic) bond motifs is 1. The maximum atomic E-state index is 13.6. The van der Waals surface area contributed by atoms with Crippen LogP contribution >= 0.6 is 11.3 Å². The van der Waals surface area contributed by atoms with Gasteiger partial charge in [0.25, 0.3) is 0 Å². The Bertz CT molecular complexity index is 1520. The van der Waals surface area contributed by atoms with Crippen molar-refractivity contribution in [1.29, 1.82) is 0 Å². The van der Waals surface area contributed by atoms with Crippen LogP contribution in [0.4, 0.5) is 5.69 Å². The Morgan fingerprint density at radius 1 is 1.00 bits per heavy atom. The van der Waals surface area contributed by atoms with E-state index in [1.165, 1.54) is 16.9 Å². The molecule has 5 rings (SSSR count). The molecule has 0 unspecified atom stereocenters. The zero-order chi connectivity index (χ0) is 23.8. The minimum absolute atomic E-state index is 0.207. The molecule has 2 aromatic carbocycles. The minimum atomic E-state index is -0.207. The number of aryl methyl sites for hydroxylation is 1. The van der Waals surface area contributed by atoms with Gasteiger partial charge in [-0.2, -0.15) is 0 Å². The number of carbonyl (C=O) groups is 1. The summed E-state index contributed by atoms with van der Waals surface area (Å²) in [5.41, 5.74) is 12.6. The number of nitrogens with zero attached hydrogens (tertiary/aromatic N) is 2. The molecule has 0 aliphatic rings. The van der Waals surface area contributed by atoms with E-state index in [-0.39, 0.29) is 5.78 Å². The van der Waals surface area contributed by atoms with Crippen LogP contribution < -0.4 is 15.2 Å². The molecule has 0 aliphatic carbocycles. The lowest BCUT2D eigenvalue weighted by molar-refractivity contribution is 0.103. The monoisotopic (exact) mass is 469 g/mol. The van der Waals surface area contributed by atoms with Gasteiger partial charge >= 0.3 is 0 Å². The maximum absolute atomic E-state index is 13.6. The van der Waals surface area contributed by atoms with Crippen molar-refractivity contribution in [2.45, 2.75) is 6.92 Å². The van der Waals surface area contributed by atoms with Crippen LogP contribution in [-0.4, -0.2) is 29.4 Å². The van der Waals surface area contributed by atoms with Crippen molar-refractivity contribution in [3.63, 3.8) is 0 Å². The molecule has 0 spiro atoms. The molecule has 2 N–H and O–H groups in total. The summed E-state index contributed by atoms with van der Waals surface area (Å²) in [6.45, 7) is 2.06. The predicted octanol–water partition coefficient (Wildman–Crippen LogP) is 5.87. The molecule has 0 amide bonds. The SMILES string of the molecule is COc1ccc(C(=O)c2c(N)c(-c3nc(-c4ccc(C)cc4)cs3)c3ccccn23)cc1OC. The normalized spacial score (nSPS) is 11.0. The number of ether oxygens (including phenoxy) is 2. The van der Waals surface area contributed by atoms with Gasteiger partial charge in [0, 0.05) is 22.7 Å². The Balaban J connectivity index is 1.64. The molecule has 0 bridgehead atoms. The molecule has 3 aromatic heterocycles. The summed E-state index contributed by atoms with van der Waals surface area (Å²) >= 11 is 1.51. The fourth-order valence-electron chi connectivity index (χ4n) is 4.04. The summed E-state index contributed by atoms with van der Waals surface area (Å²) in [5, 5.41) is 2.78. The van der Waals surface area contributed by atoms with Gasteiger partial charge < -0.3 is 19.6 Å². The van der Waals surface area contributed by atoms with Gasteiger partial charge in [-0.15, -0.1) is 11.3 Å². The Morgan fingerprint density at radius 3 is 2.50 bits per heavy atom. The third kappa shape index (κ3) is 3.60. The van der Waals surface area contributed by atoms with E-state index in [9.17, 15) is 4.79 Å². The van der Waals surface area contributed by atoms with Crippen LogP contribution in [0, 0.1) is 6.92 Å². The zero-order valence-electron chi connectivity index (χ0n) is 19.0. The summed E-state index contributed by atoms with van der Waals surface area (Å²) in [6, 6.07) is 19.1. The number of pyridine rings is 1. The highest BCUT2D eigenvalue weighted by Crippen LogP contribution is 2.40. The molecule has 0 saturated carbocycles. The third-order valence-electron chi connectivity index (χ3n) is 5.81. The molecule has 5 aromatic rings. The van der Waals surface area contributed by atoms with Crippen LogP contribution in [-0.2, 0) is 0 Å². The highest BCUT2D eigenvalue weighted by Gasteiger charge is 2.25. The van der Waals surface area contributed by atoms with E-state index in [2.05, 4.69) is 31.2 Å². The fourth-order valence-corrected chi connectivity index (χ4v) is 4.94. The maximum Gasteiger partial charge on any atom is 0.212 e. The van der Waals surface area contributed by atoms with E-state index in [0.717, 1.165) is 27.3 Å². The molecule has 34 heavy (non-hydrogen) atoms. The number of benzene rings is 2. The molecule has 0 radical (unpaired) electrons. The van der Waals surface area contributed by atoms with Gasteiger partial charge in [0.05, 0.1) is 36.7 Å². The number of aromatic nitrogens is 2. The van der Waals surface area contributed by atoms with Gasteiger partial charge in [0.2, 0.25) is 5.78 Å². The lowest BCUT2D eigenvalue weighted by atomic mass is 10.1. The lowest BCUT2D eigenvalue weighted by Gasteiger charge is -2.09. The smallest absolute Gasteiger partial charge is 0.212 e. The Labute approximate surface area is 201 Å². The van der Waals surface area contributed by atoms with Gasteiger partial charge in [-0.1, -0.05) is 35.9 Å². The number of methoxy groups -OCH3 is 2. The summed E-state index contributed by atoms with van der Waals surface area (Å²) in [6.07, 6.45) is 1.84. The summed E-state index contributed by atoms with van der Waals surface area (Å²) in [7, 11) is 3.10. The van der Waals surface area contributed by atoms with E-state index in [1.807, 2.05) is 34.2 Å². The number of hydrogen-bond acceptors (Lipinski definition) is 6. The molecule has 6 nitrogen and oxygen atoms in total. The largest absolute Gasteiger partial charge is 0.493 e. The number of carbonyl (C=O) groups excluding carboxylic acids is 1. The molecule has 3 heterocycles. The second-order valence-electron chi connectivity index (χ2n) is 7.90. The predicted molar refractivity (Wildman–Crippen MR) is 136 cm³/mol. The number of anilines is 1. The number of rotatable bonds is 6. The topological polar surface area (TPSA) is 78.9 Å². The summed E-state index contributed by atoms with van der Waals surface area (Å²) in [4.78, 5) is 18.5. The Hall–Kier alpha value is -4.10. The van der Waals surface area contributed by atoms with E-state index in [0.29, 0.717) is 28.4 Å². The van der Waals surface area contributed by atoms with E-state index in [1.54, 1.807) is 32.4 Å². The molecular formula is C27H23N3O3S. The average molecular weight is 470 g/mol. The second kappa shape index (κ2) is 8.68. The first-order valence-electron chi connectivity index (χ1n) is 10.7. The highest BCUT2D eigenvalue weighted by molar-refractivity contribution is 7.13. The quantitative estimate of drug-likeness (QED) is 0.315. The molecule has 7 heteroatoms. The lowest BCUT2D eigenvalue weighted by Crippen LogP contribution is -2.08.